The lowest BCUT2D eigenvalue weighted by Crippen LogP contribution is -2.13. The molecule has 0 fully saturated rings. The molecule has 0 aliphatic heterocycles. The molecule has 0 unspecified atom stereocenters. The number of aryl methyl sites for hydroxylation is 2. The maximum absolute atomic E-state index is 12.9. The Morgan fingerprint density at radius 3 is 2.41 bits per heavy atom. The number of nitrogens with zero attached hydrogens (tertiary/aromatic N) is 1. The summed E-state index contributed by atoms with van der Waals surface area (Å²) in [5.74, 6) is 0.875. The molecule has 0 aliphatic rings. The van der Waals surface area contributed by atoms with Gasteiger partial charge in [0.1, 0.15) is 0 Å². The zero-order valence-electron chi connectivity index (χ0n) is 15.6. The summed E-state index contributed by atoms with van der Waals surface area (Å²) in [5, 5.41) is 3.39. The number of rotatable bonds is 5. The third kappa shape index (κ3) is 3.59. The average molecular weight is 451 g/mol. The number of thiazole rings is 1. The minimum atomic E-state index is -0.324. The number of benzene rings is 2. The van der Waals surface area contributed by atoms with Crippen molar-refractivity contribution < 1.29 is 19.0 Å². The van der Waals surface area contributed by atoms with E-state index in [0.29, 0.717) is 32.4 Å². The molecule has 0 bridgehead atoms. The van der Waals surface area contributed by atoms with Crippen molar-refractivity contribution in [2.45, 2.75) is 13.8 Å². The number of carbonyl (C=O) groups is 1. The van der Waals surface area contributed by atoms with Crippen LogP contribution in [0.15, 0.2) is 22.7 Å². The van der Waals surface area contributed by atoms with E-state index in [1.165, 1.54) is 32.7 Å². The fraction of sp³-hybridized carbons (Fsp3) is 0.263. The summed E-state index contributed by atoms with van der Waals surface area (Å²) in [5.41, 5.74) is 3.49. The van der Waals surface area contributed by atoms with Gasteiger partial charge in [-0.05, 0) is 53.0 Å². The molecular formula is C19H19BrN2O4S. The van der Waals surface area contributed by atoms with Gasteiger partial charge < -0.3 is 14.2 Å². The molecule has 0 saturated heterocycles. The number of ether oxygens (including phenoxy) is 3. The first-order chi connectivity index (χ1) is 12.9. The van der Waals surface area contributed by atoms with E-state index in [-0.39, 0.29) is 5.91 Å². The van der Waals surface area contributed by atoms with E-state index in [1.54, 1.807) is 6.07 Å². The van der Waals surface area contributed by atoms with Crippen LogP contribution in [0.25, 0.3) is 10.2 Å². The van der Waals surface area contributed by atoms with E-state index in [1.807, 2.05) is 13.8 Å². The van der Waals surface area contributed by atoms with Crippen molar-refractivity contribution in [1.29, 1.82) is 0 Å². The average Bonchev–Trinajstić information content (AvgIpc) is 3.03. The van der Waals surface area contributed by atoms with Crippen LogP contribution in [0.2, 0.25) is 0 Å². The highest BCUT2D eigenvalue weighted by molar-refractivity contribution is 9.10. The summed E-state index contributed by atoms with van der Waals surface area (Å²) in [4.78, 5) is 17.4. The van der Waals surface area contributed by atoms with Crippen molar-refractivity contribution in [3.05, 3.63) is 39.4 Å². The SMILES string of the molecule is COc1cc(C(=O)Nc2nc3c(C)cc(C)cc3s2)c(Br)c(OC)c1OC. The molecule has 1 N–H and O–H groups in total. The van der Waals surface area contributed by atoms with Crippen LogP contribution >= 0.6 is 27.3 Å². The first kappa shape index (κ1) is 19.4. The maximum Gasteiger partial charge on any atom is 0.258 e. The molecule has 8 heteroatoms. The number of aromatic nitrogens is 1. The molecule has 1 aromatic heterocycles. The Kier molecular flexibility index (Phi) is 5.57. The van der Waals surface area contributed by atoms with Gasteiger partial charge in [0, 0.05) is 0 Å². The second kappa shape index (κ2) is 7.74. The standard InChI is InChI=1S/C19H19BrN2O4S/c1-9-6-10(2)15-13(7-9)27-19(21-15)22-18(23)11-8-12(24-3)16(25-4)17(26-5)14(11)20/h6-8H,1-5H3,(H,21,22,23). The second-order valence-corrected chi connectivity index (χ2v) is 7.73. The van der Waals surface area contributed by atoms with E-state index >= 15 is 0 Å². The molecule has 1 amide bonds. The monoisotopic (exact) mass is 450 g/mol. The highest BCUT2D eigenvalue weighted by Gasteiger charge is 2.23. The quantitative estimate of drug-likeness (QED) is 0.594. The maximum atomic E-state index is 12.9. The van der Waals surface area contributed by atoms with E-state index in [9.17, 15) is 4.79 Å². The second-order valence-electron chi connectivity index (χ2n) is 5.91. The molecular weight excluding hydrogens is 432 g/mol. The van der Waals surface area contributed by atoms with Crippen LogP contribution in [0.4, 0.5) is 5.13 Å². The van der Waals surface area contributed by atoms with Crippen molar-refractivity contribution in [2.24, 2.45) is 0 Å². The van der Waals surface area contributed by atoms with Gasteiger partial charge in [-0.15, -0.1) is 0 Å². The van der Waals surface area contributed by atoms with E-state index in [4.69, 9.17) is 14.2 Å². The van der Waals surface area contributed by atoms with E-state index < -0.39 is 0 Å². The summed E-state index contributed by atoms with van der Waals surface area (Å²) in [7, 11) is 4.52. The van der Waals surface area contributed by atoms with Crippen molar-refractivity contribution >= 4 is 48.5 Å². The largest absolute Gasteiger partial charge is 0.493 e. The van der Waals surface area contributed by atoms with Crippen LogP contribution < -0.4 is 19.5 Å². The number of hydrogen-bond donors (Lipinski definition) is 1. The lowest BCUT2D eigenvalue weighted by Gasteiger charge is -2.16. The Balaban J connectivity index is 2.00. The number of carbonyl (C=O) groups excluding carboxylic acids is 1. The molecule has 6 nitrogen and oxygen atoms in total. The number of fused-ring (bicyclic) bond motifs is 1. The molecule has 27 heavy (non-hydrogen) atoms. The molecule has 0 radical (unpaired) electrons. The van der Waals surface area contributed by atoms with E-state index in [2.05, 4.69) is 38.4 Å². The van der Waals surface area contributed by atoms with Crippen LogP contribution in [-0.2, 0) is 0 Å². The van der Waals surface area contributed by atoms with Crippen LogP contribution in [-0.4, -0.2) is 32.2 Å². The fourth-order valence-corrected chi connectivity index (χ4v) is 4.55. The Morgan fingerprint density at radius 2 is 1.78 bits per heavy atom. The van der Waals surface area contributed by atoms with Gasteiger partial charge in [0.05, 0.1) is 41.6 Å². The molecule has 0 saturated carbocycles. The van der Waals surface area contributed by atoms with Crippen LogP contribution in [0.5, 0.6) is 17.2 Å². The molecule has 2 aromatic carbocycles. The van der Waals surface area contributed by atoms with Crippen LogP contribution in [0.3, 0.4) is 0 Å². The third-order valence-corrected chi connectivity index (χ3v) is 5.77. The van der Waals surface area contributed by atoms with Gasteiger partial charge in [0.2, 0.25) is 5.75 Å². The Bertz CT molecular complexity index is 1030. The molecule has 3 rings (SSSR count). The van der Waals surface area contributed by atoms with Crippen molar-refractivity contribution in [2.75, 3.05) is 26.6 Å². The summed E-state index contributed by atoms with van der Waals surface area (Å²) < 4.78 is 17.6. The predicted molar refractivity (Wildman–Crippen MR) is 111 cm³/mol. The summed E-state index contributed by atoms with van der Waals surface area (Å²) >= 11 is 4.86. The van der Waals surface area contributed by atoms with Gasteiger partial charge in [-0.3, -0.25) is 10.1 Å². The summed E-state index contributed by atoms with van der Waals surface area (Å²) in [6.07, 6.45) is 0. The molecule has 142 valence electrons. The molecule has 1 heterocycles. The fourth-order valence-electron chi connectivity index (χ4n) is 2.87. The normalized spacial score (nSPS) is 10.7. The van der Waals surface area contributed by atoms with Crippen LogP contribution in [0, 0.1) is 13.8 Å². The van der Waals surface area contributed by atoms with Crippen molar-refractivity contribution in [3.63, 3.8) is 0 Å². The topological polar surface area (TPSA) is 69.7 Å². The first-order valence-electron chi connectivity index (χ1n) is 8.07. The number of hydrogen-bond acceptors (Lipinski definition) is 6. The Hall–Kier alpha value is -2.32. The first-order valence-corrected chi connectivity index (χ1v) is 9.68. The molecule has 0 spiro atoms. The van der Waals surface area contributed by atoms with E-state index in [0.717, 1.165) is 21.3 Å². The number of nitrogens with one attached hydrogen (secondary N) is 1. The number of amides is 1. The summed E-state index contributed by atoms with van der Waals surface area (Å²) in [6, 6.07) is 5.73. The number of halogens is 1. The summed E-state index contributed by atoms with van der Waals surface area (Å²) in [6.45, 7) is 4.05. The van der Waals surface area contributed by atoms with Crippen LogP contribution in [0.1, 0.15) is 21.5 Å². The van der Waals surface area contributed by atoms with Gasteiger partial charge in [-0.2, -0.15) is 0 Å². The molecule has 3 aromatic rings. The highest BCUT2D eigenvalue weighted by atomic mass is 79.9. The third-order valence-electron chi connectivity index (χ3n) is 4.06. The lowest BCUT2D eigenvalue weighted by molar-refractivity contribution is 0.102. The van der Waals surface area contributed by atoms with Gasteiger partial charge in [0.15, 0.2) is 16.6 Å². The van der Waals surface area contributed by atoms with Crippen molar-refractivity contribution in [1.82, 2.24) is 4.98 Å². The Labute approximate surface area is 169 Å². The van der Waals surface area contributed by atoms with Gasteiger partial charge in [-0.25, -0.2) is 4.98 Å². The van der Waals surface area contributed by atoms with Gasteiger partial charge >= 0.3 is 0 Å². The zero-order chi connectivity index (χ0) is 19.7. The number of methoxy groups -OCH3 is 3. The van der Waals surface area contributed by atoms with Crippen molar-refractivity contribution in [3.8, 4) is 17.2 Å². The minimum Gasteiger partial charge on any atom is -0.493 e. The van der Waals surface area contributed by atoms with Gasteiger partial charge in [-0.1, -0.05) is 17.4 Å². The Morgan fingerprint density at radius 1 is 1.07 bits per heavy atom. The zero-order valence-corrected chi connectivity index (χ0v) is 18.0. The smallest absolute Gasteiger partial charge is 0.258 e. The van der Waals surface area contributed by atoms with Gasteiger partial charge in [0.25, 0.3) is 5.91 Å². The highest BCUT2D eigenvalue weighted by Crippen LogP contribution is 2.45. The predicted octanol–water partition coefficient (Wildman–Crippen LogP) is 4.95. The molecule has 0 aliphatic carbocycles. The molecule has 0 atom stereocenters. The number of anilines is 1. The minimum absolute atomic E-state index is 0.324. The lowest BCUT2D eigenvalue weighted by atomic mass is 10.1.